The first-order valence-electron chi connectivity index (χ1n) is 7.66. The molecule has 2 saturated heterocycles. The van der Waals surface area contributed by atoms with Crippen molar-refractivity contribution in [2.45, 2.75) is 25.5 Å². The molecule has 130 valence electrons. The van der Waals surface area contributed by atoms with Crippen LogP contribution < -0.4 is 10.2 Å². The molecule has 2 fully saturated rings. The summed E-state index contributed by atoms with van der Waals surface area (Å²) in [6.45, 7) is 5.89. The molecule has 0 aliphatic carbocycles. The van der Waals surface area contributed by atoms with E-state index in [9.17, 15) is 9.90 Å². The Kier molecular flexibility index (Phi) is 7.61. The van der Waals surface area contributed by atoms with Gasteiger partial charge in [-0.1, -0.05) is 18.2 Å². The molecule has 7 heteroatoms. The van der Waals surface area contributed by atoms with Gasteiger partial charge in [-0.2, -0.15) is 0 Å². The summed E-state index contributed by atoms with van der Waals surface area (Å²) in [7, 11) is 0. The summed E-state index contributed by atoms with van der Waals surface area (Å²) in [5, 5.41) is 12.6. The smallest absolute Gasteiger partial charge is 0.239 e. The molecule has 0 saturated carbocycles. The van der Waals surface area contributed by atoms with E-state index in [2.05, 4.69) is 41.4 Å². The molecule has 0 radical (unpaired) electrons. The fraction of sp³-hybridized carbons (Fsp3) is 0.562. The molecule has 1 amide bonds. The van der Waals surface area contributed by atoms with Crippen molar-refractivity contribution in [3.63, 3.8) is 0 Å². The molecule has 2 aliphatic rings. The highest BCUT2D eigenvalue weighted by atomic mass is 35.5. The number of anilines is 1. The van der Waals surface area contributed by atoms with Gasteiger partial charge in [-0.25, -0.2) is 0 Å². The van der Waals surface area contributed by atoms with Crippen LogP contribution in [0.3, 0.4) is 0 Å². The minimum Gasteiger partial charge on any atom is -0.392 e. The molecule has 3 rings (SSSR count). The molecule has 0 spiro atoms. The van der Waals surface area contributed by atoms with Crippen molar-refractivity contribution in [3.8, 4) is 0 Å². The largest absolute Gasteiger partial charge is 0.392 e. The zero-order valence-electron chi connectivity index (χ0n) is 13.3. The maximum absolute atomic E-state index is 12.4. The van der Waals surface area contributed by atoms with Crippen molar-refractivity contribution >= 4 is 36.4 Å². The van der Waals surface area contributed by atoms with Crippen molar-refractivity contribution in [1.82, 2.24) is 10.2 Å². The molecular formula is C16H25Cl2N3O2. The fourth-order valence-electron chi connectivity index (χ4n) is 3.21. The van der Waals surface area contributed by atoms with Crippen LogP contribution in [0.5, 0.6) is 0 Å². The van der Waals surface area contributed by atoms with E-state index in [1.807, 2.05) is 4.90 Å². The zero-order chi connectivity index (χ0) is 14.8. The molecule has 2 atom stereocenters. The van der Waals surface area contributed by atoms with Crippen LogP contribution in [-0.4, -0.2) is 60.8 Å². The molecule has 0 bridgehead atoms. The zero-order valence-corrected chi connectivity index (χ0v) is 14.9. The molecule has 23 heavy (non-hydrogen) atoms. The van der Waals surface area contributed by atoms with Gasteiger partial charge in [0.1, 0.15) is 0 Å². The van der Waals surface area contributed by atoms with Crippen LogP contribution in [0.2, 0.25) is 0 Å². The third kappa shape index (κ3) is 4.51. The summed E-state index contributed by atoms with van der Waals surface area (Å²) in [6.07, 6.45) is 0.156. The average molecular weight is 362 g/mol. The second-order valence-corrected chi connectivity index (χ2v) is 5.95. The predicted molar refractivity (Wildman–Crippen MR) is 96.9 cm³/mol. The van der Waals surface area contributed by atoms with E-state index < -0.39 is 0 Å². The number of piperazine rings is 1. The number of hydrogen-bond acceptors (Lipinski definition) is 4. The topological polar surface area (TPSA) is 55.8 Å². The predicted octanol–water partition coefficient (Wildman–Crippen LogP) is 1.21. The molecule has 1 aromatic carbocycles. The number of β-amino-alcohol motifs (C(OH)–C–C–N with tert-alkyl or cyclic N) is 1. The highest BCUT2D eigenvalue weighted by molar-refractivity contribution is 5.85. The van der Waals surface area contributed by atoms with Crippen LogP contribution in [-0.2, 0) is 4.79 Å². The van der Waals surface area contributed by atoms with Crippen LogP contribution in [0.4, 0.5) is 5.69 Å². The number of hydrogen-bond donors (Lipinski definition) is 2. The number of carbonyl (C=O) groups is 1. The normalized spacial score (nSPS) is 23.9. The molecule has 5 nitrogen and oxygen atoms in total. The molecule has 1 aromatic rings. The van der Waals surface area contributed by atoms with E-state index in [0.29, 0.717) is 13.0 Å². The molecule has 2 heterocycles. The Hall–Kier alpha value is -1.01. The molecule has 0 unspecified atom stereocenters. The number of para-hydroxylation sites is 1. The summed E-state index contributed by atoms with van der Waals surface area (Å²) in [6, 6.07) is 8.17. The number of halogens is 2. The van der Waals surface area contributed by atoms with Gasteiger partial charge in [0.2, 0.25) is 5.91 Å². The molecule has 2 N–H and O–H groups in total. The van der Waals surface area contributed by atoms with Gasteiger partial charge in [-0.05, 0) is 25.0 Å². The minimum absolute atomic E-state index is 0. The maximum atomic E-state index is 12.4. The number of nitrogens with zero attached hydrogens (tertiary/aromatic N) is 2. The van der Waals surface area contributed by atoms with Gasteiger partial charge < -0.3 is 20.2 Å². The van der Waals surface area contributed by atoms with Gasteiger partial charge >= 0.3 is 0 Å². The SMILES string of the molecule is Cc1ccccc1N1CCN(C(=O)[C@H]2C[C@H](O)CN2)CC1.Cl.Cl. The van der Waals surface area contributed by atoms with Crippen molar-refractivity contribution in [3.05, 3.63) is 29.8 Å². The van der Waals surface area contributed by atoms with E-state index in [0.717, 1.165) is 26.2 Å². The van der Waals surface area contributed by atoms with E-state index in [4.69, 9.17) is 0 Å². The number of benzene rings is 1. The number of aryl methyl sites for hydroxylation is 1. The lowest BCUT2D eigenvalue weighted by molar-refractivity contribution is -0.133. The number of aliphatic hydroxyl groups is 1. The average Bonchev–Trinajstić information content (AvgIpc) is 2.94. The second-order valence-electron chi connectivity index (χ2n) is 5.95. The van der Waals surface area contributed by atoms with Crippen LogP contribution >= 0.6 is 24.8 Å². The lowest BCUT2D eigenvalue weighted by atomic mass is 10.1. The molecular weight excluding hydrogens is 337 g/mol. The second kappa shape index (κ2) is 8.73. The third-order valence-corrected chi connectivity index (χ3v) is 4.45. The first kappa shape index (κ1) is 20.0. The van der Waals surface area contributed by atoms with Gasteiger partial charge in [0.25, 0.3) is 0 Å². The van der Waals surface area contributed by atoms with E-state index in [1.54, 1.807) is 0 Å². The van der Waals surface area contributed by atoms with Crippen LogP contribution in [0.15, 0.2) is 24.3 Å². The number of aliphatic hydroxyl groups excluding tert-OH is 1. The first-order valence-corrected chi connectivity index (χ1v) is 7.66. The number of nitrogens with one attached hydrogen (secondary N) is 1. The Labute approximate surface area is 149 Å². The highest BCUT2D eigenvalue weighted by Crippen LogP contribution is 2.21. The Morgan fingerprint density at radius 1 is 1.17 bits per heavy atom. The van der Waals surface area contributed by atoms with Crippen molar-refractivity contribution in [2.75, 3.05) is 37.6 Å². The van der Waals surface area contributed by atoms with Crippen LogP contribution in [0.1, 0.15) is 12.0 Å². The fourth-order valence-corrected chi connectivity index (χ4v) is 3.21. The minimum atomic E-state index is -0.382. The van der Waals surface area contributed by atoms with Crippen molar-refractivity contribution in [2.24, 2.45) is 0 Å². The third-order valence-electron chi connectivity index (χ3n) is 4.45. The van der Waals surface area contributed by atoms with E-state index in [1.165, 1.54) is 11.3 Å². The quantitative estimate of drug-likeness (QED) is 0.831. The van der Waals surface area contributed by atoms with Gasteiger partial charge in [-0.15, -0.1) is 24.8 Å². The van der Waals surface area contributed by atoms with Crippen molar-refractivity contribution in [1.29, 1.82) is 0 Å². The Morgan fingerprint density at radius 2 is 1.83 bits per heavy atom. The first-order chi connectivity index (χ1) is 10.1. The molecule has 2 aliphatic heterocycles. The lowest BCUT2D eigenvalue weighted by Gasteiger charge is -2.37. The molecule has 0 aromatic heterocycles. The summed E-state index contributed by atoms with van der Waals surface area (Å²) in [4.78, 5) is 16.7. The number of rotatable bonds is 2. The number of carbonyl (C=O) groups excluding carboxylic acids is 1. The standard InChI is InChI=1S/C16H23N3O2.2ClH/c1-12-4-2-3-5-15(12)18-6-8-19(9-7-18)16(21)14-10-13(20)11-17-14;;/h2-5,13-14,17,20H,6-11H2,1H3;2*1H/t13-,14+;;/m0../s1. The van der Waals surface area contributed by atoms with Crippen LogP contribution in [0, 0.1) is 6.92 Å². The lowest BCUT2D eigenvalue weighted by Crippen LogP contribution is -2.53. The summed E-state index contributed by atoms with van der Waals surface area (Å²) in [5.41, 5.74) is 2.54. The highest BCUT2D eigenvalue weighted by Gasteiger charge is 2.32. The Morgan fingerprint density at radius 3 is 2.39 bits per heavy atom. The van der Waals surface area contributed by atoms with Gasteiger partial charge in [-0.3, -0.25) is 4.79 Å². The summed E-state index contributed by atoms with van der Waals surface area (Å²) in [5.74, 6) is 0.135. The van der Waals surface area contributed by atoms with E-state index in [-0.39, 0.29) is 42.9 Å². The summed E-state index contributed by atoms with van der Waals surface area (Å²) < 4.78 is 0. The van der Waals surface area contributed by atoms with Gasteiger partial charge in [0, 0.05) is 38.4 Å². The van der Waals surface area contributed by atoms with Gasteiger partial charge in [0.05, 0.1) is 12.1 Å². The van der Waals surface area contributed by atoms with Crippen LogP contribution in [0.25, 0.3) is 0 Å². The van der Waals surface area contributed by atoms with E-state index >= 15 is 0 Å². The summed E-state index contributed by atoms with van der Waals surface area (Å²) >= 11 is 0. The Bertz CT molecular complexity index is 522. The Balaban J connectivity index is 0.00000132. The monoisotopic (exact) mass is 361 g/mol. The number of amides is 1. The van der Waals surface area contributed by atoms with Gasteiger partial charge in [0.15, 0.2) is 0 Å². The van der Waals surface area contributed by atoms with Crippen molar-refractivity contribution < 1.29 is 9.90 Å². The maximum Gasteiger partial charge on any atom is 0.239 e.